The molecule has 3 nitrogen and oxygen atoms in total. The van der Waals surface area contributed by atoms with Crippen LogP contribution in [-0.2, 0) is 0 Å². The van der Waals surface area contributed by atoms with Gasteiger partial charge in [0.2, 0.25) is 0 Å². The lowest BCUT2D eigenvalue weighted by Gasteiger charge is -2.14. The lowest BCUT2D eigenvalue weighted by atomic mass is 10.0. The molecule has 0 bridgehead atoms. The minimum Gasteiger partial charge on any atom is -0.496 e. The van der Waals surface area contributed by atoms with Gasteiger partial charge in [-0.25, -0.2) is 4.98 Å². The van der Waals surface area contributed by atoms with E-state index in [-0.39, 0.29) is 0 Å². The van der Waals surface area contributed by atoms with Crippen LogP contribution < -0.4 is 4.74 Å². The Morgan fingerprint density at radius 1 is 1.16 bits per heavy atom. The van der Waals surface area contributed by atoms with Gasteiger partial charge >= 0.3 is 0 Å². The first-order chi connectivity index (χ1) is 8.95. The van der Waals surface area contributed by atoms with Gasteiger partial charge in [-0.3, -0.25) is 0 Å². The third-order valence-corrected chi connectivity index (χ3v) is 3.77. The second kappa shape index (κ2) is 5.13. The molecule has 4 heteroatoms. The Morgan fingerprint density at radius 2 is 1.84 bits per heavy atom. The Hall–Kier alpha value is -1.68. The highest BCUT2D eigenvalue weighted by Gasteiger charge is 2.14. The average Bonchev–Trinajstić information content (AvgIpc) is 2.37. The van der Waals surface area contributed by atoms with E-state index in [1.807, 2.05) is 26.8 Å². The molecule has 0 fully saturated rings. The molecule has 2 aromatic rings. The number of hydrogen-bond acceptors (Lipinski definition) is 3. The predicted octanol–water partition coefficient (Wildman–Crippen LogP) is 4.05. The van der Waals surface area contributed by atoms with Crippen molar-refractivity contribution in [3.8, 4) is 17.0 Å². The van der Waals surface area contributed by atoms with E-state index < -0.39 is 0 Å². The summed E-state index contributed by atoms with van der Waals surface area (Å²) in [5, 5.41) is 0. The first-order valence-electron chi connectivity index (χ1n) is 6.17. The Kier molecular flexibility index (Phi) is 3.71. The number of rotatable bonds is 2. The van der Waals surface area contributed by atoms with Crippen LogP contribution in [0.25, 0.3) is 11.3 Å². The third kappa shape index (κ3) is 2.40. The molecule has 1 N–H and O–H groups in total. The Bertz CT molecular complexity index is 689. The van der Waals surface area contributed by atoms with Gasteiger partial charge in [0.15, 0.2) is 0 Å². The quantitative estimate of drug-likeness (QED) is 0.840. The number of ether oxygens (including phenoxy) is 1. The van der Waals surface area contributed by atoms with Crippen molar-refractivity contribution in [3.63, 3.8) is 0 Å². The van der Waals surface area contributed by atoms with E-state index >= 15 is 0 Å². The number of hydrogen-bond donors (Lipinski definition) is 1. The van der Waals surface area contributed by atoms with Crippen molar-refractivity contribution in [2.24, 2.45) is 0 Å². The number of nitrogens with one attached hydrogen (secondary N) is 1. The largest absolute Gasteiger partial charge is 0.496 e. The molecule has 1 aromatic heterocycles. The van der Waals surface area contributed by atoms with Gasteiger partial charge in [-0.2, -0.15) is 0 Å². The van der Waals surface area contributed by atoms with Crippen molar-refractivity contribution in [3.05, 3.63) is 39.3 Å². The third-order valence-electron chi connectivity index (χ3n) is 3.47. The number of H-pyrrole nitrogens is 1. The van der Waals surface area contributed by atoms with Crippen molar-refractivity contribution in [1.29, 1.82) is 0 Å². The van der Waals surface area contributed by atoms with Crippen LogP contribution in [0.1, 0.15) is 22.5 Å². The SMILES string of the molecule is COc1c(-c2nc(C)c(C)[nH]c2=S)ccc(C)c1C. The van der Waals surface area contributed by atoms with Gasteiger partial charge in [0, 0.05) is 11.3 Å². The van der Waals surface area contributed by atoms with Crippen molar-refractivity contribution >= 4 is 12.2 Å². The topological polar surface area (TPSA) is 37.9 Å². The normalized spacial score (nSPS) is 10.6. The molecule has 1 heterocycles. The van der Waals surface area contributed by atoms with Gasteiger partial charge in [0.1, 0.15) is 16.1 Å². The summed E-state index contributed by atoms with van der Waals surface area (Å²) in [5.41, 5.74) is 5.97. The molecular weight excluding hydrogens is 256 g/mol. The molecule has 1 aromatic carbocycles. The Balaban J connectivity index is 2.76. The maximum absolute atomic E-state index is 5.54. The lowest BCUT2D eigenvalue weighted by Crippen LogP contribution is -1.99. The molecule has 0 spiro atoms. The summed E-state index contributed by atoms with van der Waals surface area (Å²) in [7, 11) is 1.68. The average molecular weight is 274 g/mol. The summed E-state index contributed by atoms with van der Waals surface area (Å²) in [6.45, 7) is 8.05. The zero-order chi connectivity index (χ0) is 14.2. The van der Waals surface area contributed by atoms with Crippen LogP contribution in [0.2, 0.25) is 0 Å². The highest BCUT2D eigenvalue weighted by molar-refractivity contribution is 7.71. The van der Waals surface area contributed by atoms with Gasteiger partial charge in [-0.1, -0.05) is 18.3 Å². The molecule has 0 unspecified atom stereocenters. The minimum absolute atomic E-state index is 0.643. The van der Waals surface area contributed by atoms with Crippen molar-refractivity contribution in [1.82, 2.24) is 9.97 Å². The van der Waals surface area contributed by atoms with Crippen LogP contribution in [0.15, 0.2) is 12.1 Å². The maximum Gasteiger partial charge on any atom is 0.131 e. The molecule has 0 radical (unpaired) electrons. The zero-order valence-corrected chi connectivity index (χ0v) is 12.7. The van der Waals surface area contributed by atoms with Crippen LogP contribution in [0.5, 0.6) is 5.75 Å². The van der Waals surface area contributed by atoms with Gasteiger partial charge in [0.05, 0.1) is 12.8 Å². The van der Waals surface area contributed by atoms with Gasteiger partial charge < -0.3 is 9.72 Å². The Labute approximate surface area is 118 Å². The fourth-order valence-electron chi connectivity index (χ4n) is 2.04. The van der Waals surface area contributed by atoms with E-state index in [9.17, 15) is 0 Å². The molecule has 0 aliphatic heterocycles. The molecule has 0 saturated heterocycles. The van der Waals surface area contributed by atoms with Crippen LogP contribution in [0.4, 0.5) is 0 Å². The summed E-state index contributed by atoms with van der Waals surface area (Å²) in [4.78, 5) is 7.79. The molecule has 0 aliphatic carbocycles. The number of nitrogens with zero attached hydrogens (tertiary/aromatic N) is 1. The van der Waals surface area contributed by atoms with Gasteiger partial charge in [-0.05, 0) is 44.9 Å². The summed E-state index contributed by atoms with van der Waals surface area (Å²) in [6, 6.07) is 4.08. The standard InChI is InChI=1S/C15H18N2OS/c1-8-6-7-12(14(18-5)9(8)2)13-15(19)17-11(4)10(3)16-13/h6-7H,1-5H3,(H,17,19). The number of aromatic nitrogens is 2. The number of aryl methyl sites for hydroxylation is 3. The fourth-order valence-corrected chi connectivity index (χ4v) is 2.35. The molecule has 0 saturated carbocycles. The first-order valence-corrected chi connectivity index (χ1v) is 6.58. The number of methoxy groups -OCH3 is 1. The van der Waals surface area contributed by atoms with Crippen molar-refractivity contribution in [2.45, 2.75) is 27.7 Å². The maximum atomic E-state index is 5.54. The summed E-state index contributed by atoms with van der Waals surface area (Å²) >= 11 is 5.39. The monoisotopic (exact) mass is 274 g/mol. The molecule has 19 heavy (non-hydrogen) atoms. The first kappa shape index (κ1) is 13.7. The summed E-state index contributed by atoms with van der Waals surface area (Å²) in [5.74, 6) is 0.843. The van der Waals surface area contributed by atoms with E-state index in [1.165, 1.54) is 5.56 Å². The summed E-state index contributed by atoms with van der Waals surface area (Å²) in [6.07, 6.45) is 0. The fraction of sp³-hybridized carbons (Fsp3) is 0.333. The molecule has 0 amide bonds. The van der Waals surface area contributed by atoms with E-state index in [0.717, 1.165) is 34.0 Å². The van der Waals surface area contributed by atoms with Crippen molar-refractivity contribution in [2.75, 3.05) is 7.11 Å². The molecule has 0 aliphatic rings. The van der Waals surface area contributed by atoms with Gasteiger partial charge in [0.25, 0.3) is 0 Å². The highest BCUT2D eigenvalue weighted by atomic mass is 32.1. The molecule has 100 valence electrons. The second-order valence-electron chi connectivity index (χ2n) is 4.71. The zero-order valence-electron chi connectivity index (χ0n) is 11.9. The highest BCUT2D eigenvalue weighted by Crippen LogP contribution is 2.34. The van der Waals surface area contributed by atoms with E-state index in [0.29, 0.717) is 4.64 Å². The van der Waals surface area contributed by atoms with Crippen LogP contribution in [0, 0.1) is 32.3 Å². The van der Waals surface area contributed by atoms with Crippen LogP contribution >= 0.6 is 12.2 Å². The van der Waals surface area contributed by atoms with Crippen LogP contribution in [-0.4, -0.2) is 17.1 Å². The lowest BCUT2D eigenvalue weighted by molar-refractivity contribution is 0.413. The Morgan fingerprint density at radius 3 is 2.47 bits per heavy atom. The van der Waals surface area contributed by atoms with Gasteiger partial charge in [-0.15, -0.1) is 0 Å². The summed E-state index contributed by atoms with van der Waals surface area (Å²) < 4.78 is 6.18. The van der Waals surface area contributed by atoms with E-state index in [2.05, 4.69) is 23.0 Å². The molecule has 2 rings (SSSR count). The second-order valence-corrected chi connectivity index (χ2v) is 5.12. The molecule has 0 atom stereocenters. The minimum atomic E-state index is 0.643. The van der Waals surface area contributed by atoms with Crippen molar-refractivity contribution < 1.29 is 4.74 Å². The van der Waals surface area contributed by atoms with E-state index in [1.54, 1.807) is 7.11 Å². The van der Waals surface area contributed by atoms with E-state index in [4.69, 9.17) is 17.0 Å². The predicted molar refractivity (Wildman–Crippen MR) is 80.4 cm³/mol. The number of benzene rings is 1. The number of aromatic amines is 1. The van der Waals surface area contributed by atoms with Crippen LogP contribution in [0.3, 0.4) is 0 Å². The smallest absolute Gasteiger partial charge is 0.131 e. The molecular formula is C15H18N2OS.